The number of nitro groups is 1. The van der Waals surface area contributed by atoms with Gasteiger partial charge in [0.15, 0.2) is 0 Å². The zero-order chi connectivity index (χ0) is 20.4. The predicted molar refractivity (Wildman–Crippen MR) is 110 cm³/mol. The molecule has 1 heterocycles. The lowest BCUT2D eigenvalue weighted by molar-refractivity contribution is -0.384. The molecule has 0 atom stereocenters. The van der Waals surface area contributed by atoms with Crippen LogP contribution in [0.25, 0.3) is 0 Å². The van der Waals surface area contributed by atoms with Gasteiger partial charge in [0.05, 0.1) is 30.0 Å². The van der Waals surface area contributed by atoms with E-state index in [4.69, 9.17) is 20.9 Å². The van der Waals surface area contributed by atoms with Gasteiger partial charge in [0.25, 0.3) is 5.69 Å². The largest absolute Gasteiger partial charge is 0.495 e. The van der Waals surface area contributed by atoms with Crippen molar-refractivity contribution in [3.8, 4) is 11.5 Å². The van der Waals surface area contributed by atoms with Crippen LogP contribution < -0.4 is 25.8 Å². The summed E-state index contributed by atoms with van der Waals surface area (Å²) in [7, 11) is 1.62. The van der Waals surface area contributed by atoms with Crippen LogP contribution in [0.15, 0.2) is 36.4 Å². The van der Waals surface area contributed by atoms with E-state index < -0.39 is 4.92 Å². The molecule has 1 aliphatic rings. The van der Waals surface area contributed by atoms with E-state index >= 15 is 0 Å². The monoisotopic (exact) mass is 376 g/mol. The summed E-state index contributed by atoms with van der Waals surface area (Å²) >= 11 is 0. The second-order valence-electron chi connectivity index (χ2n) is 5.34. The molecule has 0 aliphatic carbocycles. The summed E-state index contributed by atoms with van der Waals surface area (Å²) in [5.41, 5.74) is 13.4. The smallest absolute Gasteiger partial charge is 0.269 e. The molecule has 148 valence electrons. The summed E-state index contributed by atoms with van der Waals surface area (Å²) in [6.07, 6.45) is 0. The molecule has 0 spiro atoms. The summed E-state index contributed by atoms with van der Waals surface area (Å²) in [5.74, 6) is 1.55. The van der Waals surface area contributed by atoms with Gasteiger partial charge in [-0.15, -0.1) is 0 Å². The molecule has 27 heavy (non-hydrogen) atoms. The second-order valence-corrected chi connectivity index (χ2v) is 5.34. The molecule has 0 saturated carbocycles. The van der Waals surface area contributed by atoms with Gasteiger partial charge in [-0.3, -0.25) is 10.1 Å². The molecule has 4 N–H and O–H groups in total. The first kappa shape index (κ1) is 21.9. The Hall–Kier alpha value is -3.16. The fraction of sp³-hybridized carbons (Fsp3) is 0.368. The molecule has 0 aromatic heterocycles. The lowest BCUT2D eigenvalue weighted by Crippen LogP contribution is -2.32. The Morgan fingerprint density at radius 3 is 2.37 bits per heavy atom. The maximum absolute atomic E-state index is 10.1. The molecule has 8 heteroatoms. The van der Waals surface area contributed by atoms with Crippen LogP contribution in [0.3, 0.4) is 0 Å². The van der Waals surface area contributed by atoms with Crippen molar-refractivity contribution in [3.63, 3.8) is 0 Å². The minimum atomic E-state index is -0.459. The van der Waals surface area contributed by atoms with E-state index in [9.17, 15) is 10.1 Å². The molecule has 0 radical (unpaired) electrons. The number of nitro benzene ring substituents is 1. The van der Waals surface area contributed by atoms with Crippen LogP contribution in [0.2, 0.25) is 0 Å². The van der Waals surface area contributed by atoms with Crippen LogP contribution in [0.4, 0.5) is 22.7 Å². The number of likely N-dealkylation sites (N-methyl/N-ethyl adjacent to an activating group) is 1. The third-order valence-electron chi connectivity index (χ3n) is 3.76. The molecule has 1 aliphatic heterocycles. The first-order valence-corrected chi connectivity index (χ1v) is 8.81. The van der Waals surface area contributed by atoms with Gasteiger partial charge in [-0.2, -0.15) is 0 Å². The van der Waals surface area contributed by atoms with Crippen molar-refractivity contribution in [1.82, 2.24) is 0 Å². The van der Waals surface area contributed by atoms with Crippen molar-refractivity contribution in [2.24, 2.45) is 0 Å². The van der Waals surface area contributed by atoms with E-state index in [-0.39, 0.29) is 5.69 Å². The first-order valence-electron chi connectivity index (χ1n) is 8.81. The van der Waals surface area contributed by atoms with Gasteiger partial charge in [0, 0.05) is 36.5 Å². The quantitative estimate of drug-likeness (QED) is 0.476. The number of nitrogens with zero attached hydrogens (tertiary/aromatic N) is 2. The number of non-ortho nitro benzene ring substituents is 1. The van der Waals surface area contributed by atoms with E-state index in [1.54, 1.807) is 7.11 Å². The Morgan fingerprint density at radius 2 is 1.85 bits per heavy atom. The first-order chi connectivity index (χ1) is 13.0. The molecule has 0 amide bonds. The van der Waals surface area contributed by atoms with Crippen LogP contribution in [-0.2, 0) is 0 Å². The third-order valence-corrected chi connectivity index (χ3v) is 3.76. The fourth-order valence-electron chi connectivity index (χ4n) is 2.42. The molecule has 2 aromatic carbocycles. The van der Waals surface area contributed by atoms with E-state index in [2.05, 4.69) is 11.8 Å². The summed E-state index contributed by atoms with van der Waals surface area (Å²) in [5, 5.41) is 10.1. The van der Waals surface area contributed by atoms with Crippen LogP contribution in [-0.4, -0.2) is 31.7 Å². The maximum Gasteiger partial charge on any atom is 0.269 e. The number of ether oxygens (including phenoxy) is 2. The minimum absolute atomic E-state index is 0.0641. The number of fused-ring (bicyclic) bond motifs is 1. The molecule has 0 saturated heterocycles. The van der Waals surface area contributed by atoms with Gasteiger partial charge in [-0.1, -0.05) is 13.8 Å². The zero-order valence-corrected chi connectivity index (χ0v) is 16.3. The number of benzene rings is 2. The number of hydrogen-bond acceptors (Lipinski definition) is 7. The molecular formula is C19H28N4O4. The van der Waals surface area contributed by atoms with Crippen molar-refractivity contribution in [1.29, 1.82) is 0 Å². The summed E-state index contributed by atoms with van der Waals surface area (Å²) in [4.78, 5) is 11.9. The normalized spacial score (nSPS) is 11.6. The highest BCUT2D eigenvalue weighted by molar-refractivity contribution is 5.71. The van der Waals surface area contributed by atoms with Crippen molar-refractivity contribution in [2.75, 3.05) is 43.2 Å². The number of rotatable bonds is 3. The number of hydrogen-bond donors (Lipinski definition) is 2. The highest BCUT2D eigenvalue weighted by atomic mass is 16.6. The van der Waals surface area contributed by atoms with E-state index in [1.165, 1.54) is 24.3 Å². The van der Waals surface area contributed by atoms with E-state index in [0.717, 1.165) is 24.5 Å². The molecule has 8 nitrogen and oxygen atoms in total. The lowest BCUT2D eigenvalue weighted by atomic mass is 10.2. The molecular weight excluding hydrogens is 348 g/mol. The van der Waals surface area contributed by atoms with Crippen LogP contribution in [0.1, 0.15) is 20.8 Å². The van der Waals surface area contributed by atoms with Crippen LogP contribution >= 0.6 is 0 Å². The Kier molecular flexibility index (Phi) is 8.71. The number of methoxy groups -OCH3 is 1. The van der Waals surface area contributed by atoms with Crippen molar-refractivity contribution in [2.45, 2.75) is 20.8 Å². The van der Waals surface area contributed by atoms with Gasteiger partial charge in [-0.05, 0) is 19.1 Å². The SMILES string of the molecule is CC.CCN1CCOc2cc(N)c(OC)cc21.Nc1ccc([N+](=O)[O-])cc1. The van der Waals surface area contributed by atoms with Crippen LogP contribution in [0, 0.1) is 10.1 Å². The zero-order valence-electron chi connectivity index (χ0n) is 16.3. The number of nitrogens with two attached hydrogens (primary N) is 2. The van der Waals surface area contributed by atoms with Crippen molar-refractivity contribution in [3.05, 3.63) is 46.5 Å². The van der Waals surface area contributed by atoms with Gasteiger partial charge in [-0.25, -0.2) is 0 Å². The summed E-state index contributed by atoms with van der Waals surface area (Å²) in [6.45, 7) is 8.71. The van der Waals surface area contributed by atoms with Gasteiger partial charge in [0.1, 0.15) is 18.1 Å². The second kappa shape index (κ2) is 10.7. The molecule has 3 rings (SSSR count). The standard InChI is InChI=1S/C11H16N2O2.C6H6N2O2.C2H6/c1-3-13-4-5-15-11-6-8(12)10(14-2)7-9(11)13;7-5-1-3-6(4-2-5)8(9)10;1-2/h6-7H,3-5,12H2,1-2H3;1-4H,7H2;1-2H3. The molecule has 0 bridgehead atoms. The van der Waals surface area contributed by atoms with Crippen molar-refractivity contribution >= 4 is 22.7 Å². The number of nitrogen functional groups attached to an aromatic ring is 2. The topological polar surface area (TPSA) is 117 Å². The highest BCUT2D eigenvalue weighted by Gasteiger charge is 2.18. The van der Waals surface area contributed by atoms with Crippen molar-refractivity contribution < 1.29 is 14.4 Å². The van der Waals surface area contributed by atoms with Gasteiger partial charge >= 0.3 is 0 Å². The minimum Gasteiger partial charge on any atom is -0.495 e. The maximum atomic E-state index is 10.1. The Bertz CT molecular complexity index is 735. The van der Waals surface area contributed by atoms with Gasteiger partial charge < -0.3 is 25.8 Å². The van der Waals surface area contributed by atoms with Gasteiger partial charge in [0.2, 0.25) is 0 Å². The average molecular weight is 376 g/mol. The third kappa shape index (κ3) is 5.95. The Morgan fingerprint density at radius 1 is 1.22 bits per heavy atom. The predicted octanol–water partition coefficient (Wildman–Crippen LogP) is 3.70. The Labute approximate surface area is 159 Å². The number of anilines is 3. The van der Waals surface area contributed by atoms with E-state index in [1.807, 2.05) is 26.0 Å². The van der Waals surface area contributed by atoms with Crippen LogP contribution in [0.5, 0.6) is 11.5 Å². The molecule has 2 aromatic rings. The van der Waals surface area contributed by atoms with E-state index in [0.29, 0.717) is 23.7 Å². The Balaban J connectivity index is 0.000000265. The fourth-order valence-corrected chi connectivity index (χ4v) is 2.42. The summed E-state index contributed by atoms with van der Waals surface area (Å²) in [6, 6.07) is 9.50. The highest BCUT2D eigenvalue weighted by Crippen LogP contribution is 2.38. The molecule has 0 unspecified atom stereocenters. The summed E-state index contributed by atoms with van der Waals surface area (Å²) < 4.78 is 10.8. The lowest BCUT2D eigenvalue weighted by Gasteiger charge is -2.30. The average Bonchev–Trinajstić information content (AvgIpc) is 2.69. The molecule has 0 fully saturated rings.